The topological polar surface area (TPSA) is 50.4 Å². The lowest BCUT2D eigenvalue weighted by atomic mass is 10.1. The average Bonchev–Trinajstić information content (AvgIpc) is 2.85. The third-order valence-corrected chi connectivity index (χ3v) is 4.78. The predicted molar refractivity (Wildman–Crippen MR) is 77.8 cm³/mol. The van der Waals surface area contributed by atoms with Gasteiger partial charge < -0.3 is 15.4 Å². The zero-order chi connectivity index (χ0) is 13.1. The molecular weight excluding hydrogens is 260 g/mol. The van der Waals surface area contributed by atoms with E-state index < -0.39 is 0 Å². The Bertz CT molecular complexity index is 473. The van der Waals surface area contributed by atoms with Crippen LogP contribution in [0.3, 0.4) is 0 Å². The van der Waals surface area contributed by atoms with Crippen LogP contribution >= 0.6 is 11.8 Å². The Kier molecular flexibility index (Phi) is 3.94. The van der Waals surface area contributed by atoms with Gasteiger partial charge in [0.25, 0.3) is 0 Å². The van der Waals surface area contributed by atoms with Gasteiger partial charge in [0, 0.05) is 24.3 Å². The van der Waals surface area contributed by atoms with Gasteiger partial charge in [-0.1, -0.05) is 0 Å². The molecule has 2 aliphatic heterocycles. The van der Waals surface area contributed by atoms with Gasteiger partial charge in [-0.25, -0.2) is 0 Å². The number of carbonyl (C=O) groups excluding carboxylic acids is 1. The van der Waals surface area contributed by atoms with Gasteiger partial charge in [-0.15, -0.1) is 11.8 Å². The van der Waals surface area contributed by atoms with Crippen LogP contribution in [0.1, 0.15) is 18.4 Å². The van der Waals surface area contributed by atoms with Crippen molar-refractivity contribution in [3.8, 4) is 5.75 Å². The third kappa shape index (κ3) is 3.04. The van der Waals surface area contributed by atoms with Gasteiger partial charge in [-0.2, -0.15) is 0 Å². The molecule has 102 valence electrons. The molecule has 0 saturated carbocycles. The van der Waals surface area contributed by atoms with E-state index in [1.807, 2.05) is 18.2 Å². The molecule has 0 aromatic heterocycles. The van der Waals surface area contributed by atoms with E-state index in [9.17, 15) is 4.79 Å². The molecular formula is C14H18N2O2S. The van der Waals surface area contributed by atoms with E-state index in [4.69, 9.17) is 4.74 Å². The first-order valence-corrected chi connectivity index (χ1v) is 7.77. The predicted octanol–water partition coefficient (Wildman–Crippen LogP) is 2.00. The van der Waals surface area contributed by atoms with Crippen LogP contribution in [0.15, 0.2) is 18.2 Å². The van der Waals surface area contributed by atoms with Crippen LogP contribution in [0.25, 0.3) is 0 Å². The Balaban J connectivity index is 1.71. The summed E-state index contributed by atoms with van der Waals surface area (Å²) in [4.78, 5) is 12.1. The lowest BCUT2D eigenvalue weighted by molar-refractivity contribution is -0.115. The highest BCUT2D eigenvalue weighted by molar-refractivity contribution is 8.00. The number of nitrogens with one attached hydrogen (secondary N) is 2. The first-order chi connectivity index (χ1) is 9.33. The van der Waals surface area contributed by atoms with E-state index in [0.717, 1.165) is 48.7 Å². The molecule has 2 N–H and O–H groups in total. The second-order valence-corrected chi connectivity index (χ2v) is 6.15. The minimum Gasteiger partial charge on any atom is -0.492 e. The number of ether oxygens (including phenoxy) is 1. The van der Waals surface area contributed by atoms with Crippen molar-refractivity contribution in [1.82, 2.24) is 5.32 Å². The number of anilines is 1. The fourth-order valence-corrected chi connectivity index (χ4v) is 3.56. The Hall–Kier alpha value is -1.20. The second-order valence-electron chi connectivity index (χ2n) is 4.84. The number of fused-ring (bicyclic) bond motifs is 1. The number of amides is 1. The smallest absolute Gasteiger partial charge is 0.237 e. The van der Waals surface area contributed by atoms with E-state index in [1.54, 1.807) is 11.8 Å². The molecule has 1 aromatic carbocycles. The molecule has 19 heavy (non-hydrogen) atoms. The van der Waals surface area contributed by atoms with E-state index in [0.29, 0.717) is 6.61 Å². The molecule has 1 fully saturated rings. The lowest BCUT2D eigenvalue weighted by Crippen LogP contribution is -2.23. The summed E-state index contributed by atoms with van der Waals surface area (Å²) in [5.41, 5.74) is 1.97. The van der Waals surface area contributed by atoms with Crippen molar-refractivity contribution in [2.45, 2.75) is 24.6 Å². The Morgan fingerprint density at radius 3 is 3.26 bits per heavy atom. The fraction of sp³-hybridized carbons (Fsp3) is 0.500. The standard InChI is InChI=1S/C14H18N2O2S/c17-14(13-2-1-7-19-13)16-11-3-4-12-10(8-11)9-15-5-6-18-12/h3-4,8,13,15H,1-2,5-7,9H2,(H,16,17). The van der Waals surface area contributed by atoms with Gasteiger partial charge >= 0.3 is 0 Å². The van der Waals surface area contributed by atoms with Crippen molar-refractivity contribution in [2.24, 2.45) is 0 Å². The van der Waals surface area contributed by atoms with Crippen LogP contribution in [0, 0.1) is 0 Å². The molecule has 0 spiro atoms. The van der Waals surface area contributed by atoms with Crippen LogP contribution in [0.5, 0.6) is 5.75 Å². The number of benzene rings is 1. The van der Waals surface area contributed by atoms with Crippen LogP contribution in [-0.4, -0.2) is 30.1 Å². The minimum absolute atomic E-state index is 0.119. The molecule has 1 atom stereocenters. The van der Waals surface area contributed by atoms with Crippen LogP contribution in [-0.2, 0) is 11.3 Å². The van der Waals surface area contributed by atoms with Crippen molar-refractivity contribution in [2.75, 3.05) is 24.2 Å². The number of hydrogen-bond donors (Lipinski definition) is 2. The van der Waals surface area contributed by atoms with E-state index in [1.165, 1.54) is 0 Å². The van der Waals surface area contributed by atoms with Gasteiger partial charge in [-0.3, -0.25) is 4.79 Å². The van der Waals surface area contributed by atoms with Crippen molar-refractivity contribution < 1.29 is 9.53 Å². The van der Waals surface area contributed by atoms with Crippen molar-refractivity contribution in [1.29, 1.82) is 0 Å². The molecule has 1 aromatic rings. The highest BCUT2D eigenvalue weighted by Crippen LogP contribution is 2.28. The Morgan fingerprint density at radius 2 is 2.42 bits per heavy atom. The molecule has 0 radical (unpaired) electrons. The first kappa shape index (κ1) is 12.8. The molecule has 1 saturated heterocycles. The van der Waals surface area contributed by atoms with Gasteiger partial charge in [0.1, 0.15) is 12.4 Å². The zero-order valence-electron chi connectivity index (χ0n) is 10.8. The van der Waals surface area contributed by atoms with Crippen molar-refractivity contribution >= 4 is 23.4 Å². The van der Waals surface area contributed by atoms with Gasteiger partial charge in [-0.05, 0) is 36.8 Å². The molecule has 2 aliphatic rings. The minimum atomic E-state index is 0.119. The lowest BCUT2D eigenvalue weighted by Gasteiger charge is -2.12. The average molecular weight is 278 g/mol. The monoisotopic (exact) mass is 278 g/mol. The molecule has 0 aliphatic carbocycles. The third-order valence-electron chi connectivity index (χ3n) is 3.40. The van der Waals surface area contributed by atoms with Crippen LogP contribution in [0.4, 0.5) is 5.69 Å². The summed E-state index contributed by atoms with van der Waals surface area (Å²) >= 11 is 1.75. The largest absolute Gasteiger partial charge is 0.492 e. The van der Waals surface area contributed by atoms with E-state index >= 15 is 0 Å². The Morgan fingerprint density at radius 1 is 1.47 bits per heavy atom. The van der Waals surface area contributed by atoms with Crippen molar-refractivity contribution in [3.05, 3.63) is 23.8 Å². The summed E-state index contributed by atoms with van der Waals surface area (Å²) < 4.78 is 5.63. The number of carbonyl (C=O) groups is 1. The Labute approximate surface area is 117 Å². The highest BCUT2D eigenvalue weighted by Gasteiger charge is 2.23. The summed E-state index contributed by atoms with van der Waals surface area (Å²) in [5.74, 6) is 2.14. The quantitative estimate of drug-likeness (QED) is 0.869. The normalized spacial score (nSPS) is 22.2. The van der Waals surface area contributed by atoms with E-state index in [2.05, 4.69) is 10.6 Å². The number of thioether (sulfide) groups is 1. The summed E-state index contributed by atoms with van der Waals surface area (Å²) in [6.07, 6.45) is 2.14. The molecule has 5 heteroatoms. The van der Waals surface area contributed by atoms with E-state index in [-0.39, 0.29) is 11.2 Å². The second kappa shape index (κ2) is 5.84. The highest BCUT2D eigenvalue weighted by atomic mass is 32.2. The molecule has 3 rings (SSSR count). The molecule has 0 bridgehead atoms. The summed E-state index contributed by atoms with van der Waals surface area (Å²) in [7, 11) is 0. The first-order valence-electron chi connectivity index (χ1n) is 6.72. The molecule has 2 heterocycles. The number of rotatable bonds is 2. The summed E-state index contributed by atoms with van der Waals surface area (Å²) in [6.45, 7) is 2.34. The maximum atomic E-state index is 12.1. The fourth-order valence-electron chi connectivity index (χ4n) is 2.40. The van der Waals surface area contributed by atoms with Gasteiger partial charge in [0.15, 0.2) is 0 Å². The van der Waals surface area contributed by atoms with Gasteiger partial charge in [0.2, 0.25) is 5.91 Å². The maximum Gasteiger partial charge on any atom is 0.237 e. The zero-order valence-corrected chi connectivity index (χ0v) is 11.6. The molecule has 1 amide bonds. The number of hydrogen-bond acceptors (Lipinski definition) is 4. The maximum absolute atomic E-state index is 12.1. The van der Waals surface area contributed by atoms with Crippen LogP contribution < -0.4 is 15.4 Å². The molecule has 4 nitrogen and oxygen atoms in total. The summed E-state index contributed by atoms with van der Waals surface area (Å²) in [6, 6.07) is 5.87. The summed E-state index contributed by atoms with van der Waals surface area (Å²) in [5, 5.41) is 6.43. The van der Waals surface area contributed by atoms with Crippen molar-refractivity contribution in [3.63, 3.8) is 0 Å². The van der Waals surface area contributed by atoms with Crippen LogP contribution in [0.2, 0.25) is 0 Å². The molecule has 1 unspecified atom stereocenters. The van der Waals surface area contributed by atoms with Gasteiger partial charge in [0.05, 0.1) is 5.25 Å². The SMILES string of the molecule is O=C(Nc1ccc2c(c1)CNCCO2)C1CCCS1.